The van der Waals surface area contributed by atoms with Crippen molar-refractivity contribution in [3.05, 3.63) is 65.1 Å². The van der Waals surface area contributed by atoms with Gasteiger partial charge in [-0.05, 0) is 36.4 Å². The number of hydrogen-bond donors (Lipinski definition) is 1. The van der Waals surface area contributed by atoms with Gasteiger partial charge in [0.25, 0.3) is 0 Å². The van der Waals surface area contributed by atoms with E-state index >= 15 is 0 Å². The molecule has 3 rings (SSSR count). The molecule has 0 aliphatic heterocycles. The van der Waals surface area contributed by atoms with Crippen LogP contribution >= 0.6 is 11.6 Å². The predicted octanol–water partition coefficient (Wildman–Crippen LogP) is 3.46. The first-order valence-electron chi connectivity index (χ1n) is 6.59. The van der Waals surface area contributed by atoms with E-state index in [1.807, 2.05) is 13.1 Å². The molecular weight excluding hydrogens is 270 g/mol. The third-order valence-corrected chi connectivity index (χ3v) is 3.81. The Bertz CT molecular complexity index is 733. The first-order valence-corrected chi connectivity index (χ1v) is 6.97. The summed E-state index contributed by atoms with van der Waals surface area (Å²) in [6.45, 7) is 1.63. The van der Waals surface area contributed by atoms with Gasteiger partial charge in [0.05, 0.1) is 5.02 Å². The molecule has 0 saturated heterocycles. The molecule has 3 aromatic rings. The molecule has 0 atom stereocenters. The van der Waals surface area contributed by atoms with E-state index in [0.29, 0.717) is 5.02 Å². The van der Waals surface area contributed by atoms with Crippen LogP contribution in [0.4, 0.5) is 0 Å². The predicted molar refractivity (Wildman–Crippen MR) is 83.1 cm³/mol. The summed E-state index contributed by atoms with van der Waals surface area (Å²) in [6.07, 6.45) is 5.58. The summed E-state index contributed by atoms with van der Waals surface area (Å²) in [5, 5.41) is 5.20. The van der Waals surface area contributed by atoms with E-state index in [9.17, 15) is 0 Å². The van der Waals surface area contributed by atoms with Crippen molar-refractivity contribution in [2.75, 3.05) is 7.05 Å². The lowest BCUT2D eigenvalue weighted by Crippen LogP contribution is -2.05. The Morgan fingerprint density at radius 3 is 2.90 bits per heavy atom. The number of fused-ring (bicyclic) bond motifs is 1. The Morgan fingerprint density at radius 1 is 1.20 bits per heavy atom. The minimum atomic E-state index is 0.709. The van der Waals surface area contributed by atoms with Gasteiger partial charge in [0.2, 0.25) is 0 Å². The maximum absolute atomic E-state index is 6.19. The molecule has 2 heterocycles. The summed E-state index contributed by atoms with van der Waals surface area (Å²) >= 11 is 6.19. The van der Waals surface area contributed by atoms with Crippen LogP contribution in [0.1, 0.15) is 11.1 Å². The van der Waals surface area contributed by atoms with E-state index in [1.165, 1.54) is 16.5 Å². The highest BCUT2D eigenvalue weighted by molar-refractivity contribution is 6.31. The van der Waals surface area contributed by atoms with Crippen molar-refractivity contribution in [1.29, 1.82) is 0 Å². The highest BCUT2D eigenvalue weighted by Gasteiger charge is 2.07. The first kappa shape index (κ1) is 13.2. The molecule has 3 nitrogen and oxygen atoms in total. The van der Waals surface area contributed by atoms with Gasteiger partial charge in [-0.1, -0.05) is 23.7 Å². The van der Waals surface area contributed by atoms with E-state index < -0.39 is 0 Å². The zero-order valence-electron chi connectivity index (χ0n) is 11.3. The van der Waals surface area contributed by atoms with E-state index in [1.54, 1.807) is 12.4 Å². The topological polar surface area (TPSA) is 29.9 Å². The monoisotopic (exact) mass is 285 g/mol. The van der Waals surface area contributed by atoms with Gasteiger partial charge in [0, 0.05) is 42.6 Å². The molecule has 0 fully saturated rings. The largest absolute Gasteiger partial charge is 0.343 e. The van der Waals surface area contributed by atoms with Gasteiger partial charge in [-0.2, -0.15) is 0 Å². The maximum Gasteiger partial charge on any atom is 0.0639 e. The number of halogens is 1. The van der Waals surface area contributed by atoms with Crippen molar-refractivity contribution in [3.63, 3.8) is 0 Å². The molecule has 0 aliphatic carbocycles. The van der Waals surface area contributed by atoms with Crippen LogP contribution < -0.4 is 5.32 Å². The third-order valence-electron chi connectivity index (χ3n) is 3.47. The third kappa shape index (κ3) is 2.42. The molecule has 2 aromatic heterocycles. The van der Waals surface area contributed by atoms with Crippen molar-refractivity contribution >= 4 is 22.5 Å². The summed E-state index contributed by atoms with van der Waals surface area (Å²) in [5.74, 6) is 0. The summed E-state index contributed by atoms with van der Waals surface area (Å²) in [4.78, 5) is 4.03. The van der Waals surface area contributed by atoms with Crippen LogP contribution in [0.25, 0.3) is 10.9 Å². The van der Waals surface area contributed by atoms with Gasteiger partial charge in [0.1, 0.15) is 0 Å². The second-order valence-corrected chi connectivity index (χ2v) is 5.20. The molecule has 1 N–H and O–H groups in total. The van der Waals surface area contributed by atoms with Crippen LogP contribution in [-0.2, 0) is 13.1 Å². The Balaban J connectivity index is 2.01. The van der Waals surface area contributed by atoms with Gasteiger partial charge in [-0.3, -0.25) is 4.98 Å². The van der Waals surface area contributed by atoms with Crippen LogP contribution in [-0.4, -0.2) is 16.6 Å². The summed E-state index contributed by atoms with van der Waals surface area (Å²) in [6, 6.07) is 10.5. The van der Waals surface area contributed by atoms with Crippen LogP contribution in [0.2, 0.25) is 5.02 Å². The zero-order chi connectivity index (χ0) is 13.9. The lowest BCUT2D eigenvalue weighted by molar-refractivity contribution is 0.820. The molecule has 1 aromatic carbocycles. The fourth-order valence-corrected chi connectivity index (χ4v) is 2.66. The van der Waals surface area contributed by atoms with Gasteiger partial charge >= 0.3 is 0 Å². The van der Waals surface area contributed by atoms with Crippen molar-refractivity contribution < 1.29 is 0 Å². The van der Waals surface area contributed by atoms with Crippen LogP contribution in [0, 0.1) is 0 Å². The Kier molecular flexibility index (Phi) is 3.72. The van der Waals surface area contributed by atoms with Crippen molar-refractivity contribution in [2.45, 2.75) is 13.1 Å². The SMILES string of the molecule is CNCc1cccc2c1ccn2Cc1ccncc1Cl. The minimum Gasteiger partial charge on any atom is -0.343 e. The van der Waals surface area contributed by atoms with Crippen molar-refractivity contribution in [1.82, 2.24) is 14.9 Å². The van der Waals surface area contributed by atoms with Gasteiger partial charge < -0.3 is 9.88 Å². The van der Waals surface area contributed by atoms with Gasteiger partial charge in [-0.25, -0.2) is 0 Å². The Hall–Kier alpha value is -1.84. The number of pyridine rings is 1. The molecule has 102 valence electrons. The van der Waals surface area contributed by atoms with Crippen LogP contribution in [0.15, 0.2) is 48.9 Å². The molecule has 0 saturated carbocycles. The number of rotatable bonds is 4. The van der Waals surface area contributed by atoms with Gasteiger partial charge in [0.15, 0.2) is 0 Å². The number of benzene rings is 1. The Labute approximate surface area is 123 Å². The zero-order valence-corrected chi connectivity index (χ0v) is 12.1. The average molecular weight is 286 g/mol. The molecule has 0 bridgehead atoms. The highest BCUT2D eigenvalue weighted by atomic mass is 35.5. The number of hydrogen-bond acceptors (Lipinski definition) is 2. The number of aromatic nitrogens is 2. The average Bonchev–Trinajstić information content (AvgIpc) is 2.86. The van der Waals surface area contributed by atoms with E-state index in [2.05, 4.69) is 45.3 Å². The minimum absolute atomic E-state index is 0.709. The molecule has 20 heavy (non-hydrogen) atoms. The molecule has 0 aliphatic rings. The second-order valence-electron chi connectivity index (χ2n) is 4.79. The van der Waals surface area contributed by atoms with Crippen LogP contribution in [0.5, 0.6) is 0 Å². The van der Waals surface area contributed by atoms with Crippen molar-refractivity contribution in [2.24, 2.45) is 0 Å². The molecule has 0 spiro atoms. The molecule has 4 heteroatoms. The van der Waals surface area contributed by atoms with E-state index in [4.69, 9.17) is 11.6 Å². The van der Waals surface area contributed by atoms with Gasteiger partial charge in [-0.15, -0.1) is 0 Å². The highest BCUT2D eigenvalue weighted by Crippen LogP contribution is 2.23. The fourth-order valence-electron chi connectivity index (χ4n) is 2.49. The summed E-state index contributed by atoms with van der Waals surface area (Å²) in [5.41, 5.74) is 3.62. The van der Waals surface area contributed by atoms with Crippen molar-refractivity contribution in [3.8, 4) is 0 Å². The normalized spacial score (nSPS) is 11.1. The molecule has 0 radical (unpaired) electrons. The fraction of sp³-hybridized carbons (Fsp3) is 0.188. The summed E-state index contributed by atoms with van der Waals surface area (Å²) in [7, 11) is 1.96. The number of nitrogens with zero attached hydrogens (tertiary/aromatic N) is 2. The van der Waals surface area contributed by atoms with E-state index in [0.717, 1.165) is 18.7 Å². The maximum atomic E-state index is 6.19. The molecular formula is C16H16ClN3. The summed E-state index contributed by atoms with van der Waals surface area (Å²) < 4.78 is 2.22. The first-order chi connectivity index (χ1) is 9.79. The lowest BCUT2D eigenvalue weighted by Gasteiger charge is -2.08. The van der Waals surface area contributed by atoms with Crippen LogP contribution in [0.3, 0.4) is 0 Å². The lowest BCUT2D eigenvalue weighted by atomic mass is 10.1. The smallest absolute Gasteiger partial charge is 0.0639 e. The molecule has 0 unspecified atom stereocenters. The standard InChI is InChI=1S/C16H16ClN3/c1-18-9-12-3-2-4-16-14(12)6-8-20(16)11-13-5-7-19-10-15(13)17/h2-8,10,18H,9,11H2,1H3. The van der Waals surface area contributed by atoms with E-state index in [-0.39, 0.29) is 0 Å². The number of nitrogens with one attached hydrogen (secondary N) is 1. The quantitative estimate of drug-likeness (QED) is 0.796. The molecule has 0 amide bonds. The Morgan fingerprint density at radius 2 is 2.10 bits per heavy atom. The second kappa shape index (κ2) is 5.65.